The van der Waals surface area contributed by atoms with Gasteiger partial charge in [-0.2, -0.15) is 0 Å². The number of carbonyl (C=O) groups excluding carboxylic acids is 1. The third-order valence-electron chi connectivity index (χ3n) is 1.45. The Balaban J connectivity index is 2.10. The summed E-state index contributed by atoms with van der Waals surface area (Å²) in [4.78, 5) is 19.7. The Morgan fingerprint density at radius 1 is 1.29 bits per heavy atom. The van der Waals surface area contributed by atoms with Crippen LogP contribution in [0.5, 0.6) is 0 Å². The second-order valence-corrected chi connectivity index (χ2v) is 3.24. The van der Waals surface area contributed by atoms with Gasteiger partial charge in [0.15, 0.2) is 0 Å². The number of nitrogens with zero attached hydrogens (tertiary/aromatic N) is 3. The van der Waals surface area contributed by atoms with E-state index in [2.05, 4.69) is 19.7 Å². The van der Waals surface area contributed by atoms with Crippen molar-refractivity contribution < 1.29 is 4.79 Å². The van der Waals surface area contributed by atoms with Crippen molar-refractivity contribution in [2.24, 2.45) is 0 Å². The number of rotatable bonds is 2. The fraction of sp³-hybridized carbons (Fsp3) is 0. The summed E-state index contributed by atoms with van der Waals surface area (Å²) >= 11 is 1.13. The van der Waals surface area contributed by atoms with Gasteiger partial charge in [-0.15, -0.1) is 0 Å². The van der Waals surface area contributed by atoms with E-state index in [0.29, 0.717) is 10.8 Å². The van der Waals surface area contributed by atoms with Crippen LogP contribution in [0.1, 0.15) is 9.67 Å². The maximum absolute atomic E-state index is 11.5. The van der Waals surface area contributed by atoms with Crippen LogP contribution < -0.4 is 5.32 Å². The quantitative estimate of drug-likeness (QED) is 0.801. The number of anilines is 1. The summed E-state index contributed by atoms with van der Waals surface area (Å²) in [7, 11) is 0. The number of hydrogen-bond donors (Lipinski definition) is 1. The second-order valence-electron chi connectivity index (χ2n) is 2.40. The molecule has 0 atom stereocenters. The van der Waals surface area contributed by atoms with Gasteiger partial charge < -0.3 is 0 Å². The predicted molar refractivity (Wildman–Crippen MR) is 52.1 cm³/mol. The third-order valence-corrected chi connectivity index (χ3v) is 2.20. The molecule has 1 N–H and O–H groups in total. The number of aromatic nitrogens is 3. The fourth-order valence-electron chi connectivity index (χ4n) is 0.860. The zero-order chi connectivity index (χ0) is 9.80. The molecule has 0 fully saturated rings. The Labute approximate surface area is 84.0 Å². The molecular formula is C8H6N4OS. The van der Waals surface area contributed by atoms with Crippen LogP contribution in [0.2, 0.25) is 0 Å². The standard InChI is InChI=1S/C8H6N4OS/c13-7(6-2-5-11-14-6)12-8-9-3-1-4-10-8/h1-5H,(H,9,10,12,13). The Morgan fingerprint density at radius 3 is 2.71 bits per heavy atom. The zero-order valence-corrected chi connectivity index (χ0v) is 7.86. The number of carbonyl (C=O) groups is 1. The third kappa shape index (κ3) is 1.91. The molecule has 2 rings (SSSR count). The van der Waals surface area contributed by atoms with Crippen LogP contribution in [0.3, 0.4) is 0 Å². The van der Waals surface area contributed by atoms with E-state index in [1.54, 1.807) is 30.7 Å². The second kappa shape index (κ2) is 3.93. The lowest BCUT2D eigenvalue weighted by Crippen LogP contribution is -2.12. The molecule has 0 aromatic carbocycles. The molecule has 0 aliphatic rings. The molecule has 0 aliphatic carbocycles. The van der Waals surface area contributed by atoms with E-state index in [-0.39, 0.29) is 5.91 Å². The first kappa shape index (κ1) is 8.76. The van der Waals surface area contributed by atoms with Crippen LogP contribution in [0, 0.1) is 0 Å². The Hall–Kier alpha value is -1.82. The van der Waals surface area contributed by atoms with Crippen molar-refractivity contribution in [3.8, 4) is 0 Å². The van der Waals surface area contributed by atoms with E-state index in [4.69, 9.17) is 0 Å². The van der Waals surface area contributed by atoms with Crippen LogP contribution in [0.15, 0.2) is 30.7 Å². The Morgan fingerprint density at radius 2 is 2.07 bits per heavy atom. The molecular weight excluding hydrogens is 200 g/mol. The van der Waals surface area contributed by atoms with E-state index in [1.807, 2.05) is 0 Å². The highest BCUT2D eigenvalue weighted by Gasteiger charge is 2.07. The van der Waals surface area contributed by atoms with Gasteiger partial charge in [0.25, 0.3) is 5.91 Å². The molecule has 70 valence electrons. The van der Waals surface area contributed by atoms with Gasteiger partial charge in [-0.3, -0.25) is 10.1 Å². The predicted octanol–water partition coefficient (Wildman–Crippen LogP) is 1.19. The van der Waals surface area contributed by atoms with Crippen LogP contribution in [0.25, 0.3) is 0 Å². The lowest BCUT2D eigenvalue weighted by atomic mass is 10.4. The van der Waals surface area contributed by atoms with Crippen molar-refractivity contribution in [1.29, 1.82) is 0 Å². The van der Waals surface area contributed by atoms with Crippen molar-refractivity contribution in [3.05, 3.63) is 35.6 Å². The van der Waals surface area contributed by atoms with Gasteiger partial charge in [0.05, 0.1) is 0 Å². The van der Waals surface area contributed by atoms with Gasteiger partial charge in [-0.25, -0.2) is 14.3 Å². The van der Waals surface area contributed by atoms with Gasteiger partial charge in [0, 0.05) is 18.6 Å². The summed E-state index contributed by atoms with van der Waals surface area (Å²) in [6, 6.07) is 3.32. The van der Waals surface area contributed by atoms with Crippen molar-refractivity contribution >= 4 is 23.4 Å². The van der Waals surface area contributed by atoms with Gasteiger partial charge >= 0.3 is 0 Å². The van der Waals surface area contributed by atoms with E-state index in [0.717, 1.165) is 11.5 Å². The number of hydrogen-bond acceptors (Lipinski definition) is 5. The molecule has 2 aromatic rings. The minimum Gasteiger partial charge on any atom is -0.290 e. The summed E-state index contributed by atoms with van der Waals surface area (Å²) in [6.45, 7) is 0. The molecule has 0 radical (unpaired) electrons. The van der Waals surface area contributed by atoms with Crippen molar-refractivity contribution in [1.82, 2.24) is 14.3 Å². The highest BCUT2D eigenvalue weighted by atomic mass is 32.1. The fourth-order valence-corrected chi connectivity index (χ4v) is 1.35. The van der Waals surface area contributed by atoms with E-state index in [1.165, 1.54) is 0 Å². The number of nitrogens with one attached hydrogen (secondary N) is 1. The topological polar surface area (TPSA) is 67.8 Å². The molecule has 5 nitrogen and oxygen atoms in total. The molecule has 0 saturated carbocycles. The average molecular weight is 206 g/mol. The molecule has 2 heterocycles. The number of amides is 1. The SMILES string of the molecule is O=C(Nc1ncccn1)c1ccns1. The van der Waals surface area contributed by atoms with Gasteiger partial charge in [0.1, 0.15) is 4.88 Å². The molecule has 1 amide bonds. The molecule has 6 heteroatoms. The van der Waals surface area contributed by atoms with E-state index < -0.39 is 0 Å². The van der Waals surface area contributed by atoms with Gasteiger partial charge in [-0.05, 0) is 23.7 Å². The van der Waals surface area contributed by atoms with Crippen LogP contribution >= 0.6 is 11.5 Å². The van der Waals surface area contributed by atoms with Crippen LogP contribution in [-0.4, -0.2) is 20.2 Å². The van der Waals surface area contributed by atoms with Crippen molar-refractivity contribution in [2.75, 3.05) is 5.32 Å². The molecule has 0 saturated heterocycles. The largest absolute Gasteiger partial charge is 0.290 e. The monoisotopic (exact) mass is 206 g/mol. The summed E-state index contributed by atoms with van der Waals surface area (Å²) < 4.78 is 3.82. The van der Waals surface area contributed by atoms with Gasteiger partial charge in [-0.1, -0.05) is 0 Å². The van der Waals surface area contributed by atoms with E-state index >= 15 is 0 Å². The van der Waals surface area contributed by atoms with E-state index in [9.17, 15) is 4.79 Å². The highest BCUT2D eigenvalue weighted by Crippen LogP contribution is 2.06. The van der Waals surface area contributed by atoms with Crippen LogP contribution in [0.4, 0.5) is 5.95 Å². The molecule has 0 bridgehead atoms. The van der Waals surface area contributed by atoms with Crippen molar-refractivity contribution in [3.63, 3.8) is 0 Å². The zero-order valence-electron chi connectivity index (χ0n) is 7.04. The minimum atomic E-state index is -0.237. The molecule has 0 aliphatic heterocycles. The van der Waals surface area contributed by atoms with Crippen molar-refractivity contribution in [2.45, 2.75) is 0 Å². The normalized spacial score (nSPS) is 9.71. The first-order chi connectivity index (χ1) is 6.86. The maximum Gasteiger partial charge on any atom is 0.269 e. The first-order valence-corrected chi connectivity index (χ1v) is 4.62. The lowest BCUT2D eigenvalue weighted by Gasteiger charge is -1.98. The van der Waals surface area contributed by atoms with Gasteiger partial charge in [0.2, 0.25) is 5.95 Å². The summed E-state index contributed by atoms with van der Waals surface area (Å²) in [5.74, 6) is 0.0598. The maximum atomic E-state index is 11.5. The Kier molecular flexibility index (Phi) is 2.46. The summed E-state index contributed by atoms with van der Waals surface area (Å²) in [5.41, 5.74) is 0. The molecule has 2 aromatic heterocycles. The average Bonchev–Trinajstić information content (AvgIpc) is 2.72. The smallest absolute Gasteiger partial charge is 0.269 e. The highest BCUT2D eigenvalue weighted by molar-refractivity contribution is 7.08. The Bertz CT molecular complexity index is 414. The summed E-state index contributed by atoms with van der Waals surface area (Å²) in [6.07, 6.45) is 4.70. The first-order valence-electron chi connectivity index (χ1n) is 3.85. The van der Waals surface area contributed by atoms with Crippen LogP contribution in [-0.2, 0) is 0 Å². The molecule has 0 spiro atoms. The molecule has 14 heavy (non-hydrogen) atoms. The lowest BCUT2D eigenvalue weighted by molar-refractivity contribution is 0.102. The summed E-state index contributed by atoms with van der Waals surface area (Å²) in [5, 5.41) is 2.55. The minimum absolute atomic E-state index is 0.237. The molecule has 0 unspecified atom stereocenters.